The maximum absolute atomic E-state index is 4.51. The van der Waals surface area contributed by atoms with Gasteiger partial charge in [0.05, 0.1) is 18.6 Å². The molecule has 4 rings (SSSR count). The lowest BCUT2D eigenvalue weighted by Gasteiger charge is -1.98. The largest absolute Gasteiger partial charge is 0.275 e. The predicted molar refractivity (Wildman–Crippen MR) is 85.0 cm³/mol. The highest BCUT2D eigenvalue weighted by Gasteiger charge is 2.11. The quantitative estimate of drug-likeness (QED) is 0.387. The zero-order chi connectivity index (χ0) is 14.4. The molecule has 0 aliphatic heterocycles. The first-order chi connectivity index (χ1) is 10.2. The Morgan fingerprint density at radius 1 is 1.00 bits per heavy atom. The number of rotatable bonds is 2. The van der Waals surface area contributed by atoms with Crippen molar-refractivity contribution in [2.24, 2.45) is 7.05 Å². The standard InChI is InChI=1S/C13H10IN7/c1-19-7-9(4-15-19)10-5-16-21(8-10)11-6-17-20-3-2-12(14)18-13(11)20/h2-8H,1H3. The van der Waals surface area contributed by atoms with Crippen molar-refractivity contribution in [2.75, 3.05) is 0 Å². The molecule has 104 valence electrons. The van der Waals surface area contributed by atoms with Gasteiger partial charge in [0.1, 0.15) is 9.39 Å². The molecule has 0 radical (unpaired) electrons. The summed E-state index contributed by atoms with van der Waals surface area (Å²) in [5.41, 5.74) is 3.67. The van der Waals surface area contributed by atoms with Gasteiger partial charge in [-0.05, 0) is 28.7 Å². The molecule has 4 aromatic heterocycles. The molecule has 0 spiro atoms. The molecule has 8 heteroatoms. The Hall–Kier alpha value is -2.23. The van der Waals surface area contributed by atoms with Crippen molar-refractivity contribution in [3.05, 3.63) is 46.9 Å². The predicted octanol–water partition coefficient (Wildman–Crippen LogP) is 1.92. The smallest absolute Gasteiger partial charge is 0.182 e. The van der Waals surface area contributed by atoms with E-state index in [-0.39, 0.29) is 0 Å². The number of hydrogen-bond donors (Lipinski definition) is 0. The molecule has 0 aliphatic rings. The number of halogens is 1. The summed E-state index contributed by atoms with van der Waals surface area (Å²) >= 11 is 2.19. The highest BCUT2D eigenvalue weighted by Crippen LogP contribution is 2.21. The first-order valence-corrected chi connectivity index (χ1v) is 7.32. The van der Waals surface area contributed by atoms with Crippen LogP contribution in [0.3, 0.4) is 0 Å². The van der Waals surface area contributed by atoms with Crippen molar-refractivity contribution in [3.8, 4) is 16.8 Å². The highest BCUT2D eigenvalue weighted by molar-refractivity contribution is 14.1. The van der Waals surface area contributed by atoms with Gasteiger partial charge in [-0.25, -0.2) is 14.2 Å². The second-order valence-corrected chi connectivity index (χ2v) is 5.73. The SMILES string of the molecule is Cn1cc(-c2cnn(-c3cnn4ccc(I)nc34)c2)cn1. The molecule has 0 saturated heterocycles. The minimum atomic E-state index is 0.780. The van der Waals surface area contributed by atoms with Gasteiger partial charge in [0.25, 0.3) is 0 Å². The minimum absolute atomic E-state index is 0.780. The van der Waals surface area contributed by atoms with E-state index in [4.69, 9.17) is 0 Å². The zero-order valence-corrected chi connectivity index (χ0v) is 13.2. The number of hydrogen-bond acceptors (Lipinski definition) is 4. The van der Waals surface area contributed by atoms with Crippen LogP contribution in [0.4, 0.5) is 0 Å². The third kappa shape index (κ3) is 2.11. The van der Waals surface area contributed by atoms with Gasteiger partial charge in [0.2, 0.25) is 0 Å². The normalized spacial score (nSPS) is 11.3. The van der Waals surface area contributed by atoms with Crippen LogP contribution >= 0.6 is 22.6 Å². The third-order valence-electron chi connectivity index (χ3n) is 3.18. The van der Waals surface area contributed by atoms with Gasteiger partial charge in [0, 0.05) is 36.8 Å². The minimum Gasteiger partial charge on any atom is -0.275 e. The summed E-state index contributed by atoms with van der Waals surface area (Å²) in [4.78, 5) is 4.51. The second-order valence-electron chi connectivity index (χ2n) is 4.62. The van der Waals surface area contributed by atoms with Crippen LogP contribution in [0.5, 0.6) is 0 Å². The van der Waals surface area contributed by atoms with Crippen LogP contribution in [-0.4, -0.2) is 34.2 Å². The van der Waals surface area contributed by atoms with Gasteiger partial charge in [-0.3, -0.25) is 4.68 Å². The molecule has 0 aliphatic carbocycles. The highest BCUT2D eigenvalue weighted by atomic mass is 127. The Morgan fingerprint density at radius 2 is 1.81 bits per heavy atom. The fourth-order valence-corrected chi connectivity index (χ4v) is 2.56. The topological polar surface area (TPSA) is 65.8 Å². The van der Waals surface area contributed by atoms with Crippen LogP contribution < -0.4 is 0 Å². The molecule has 0 N–H and O–H groups in total. The fraction of sp³-hybridized carbons (Fsp3) is 0.0769. The summed E-state index contributed by atoms with van der Waals surface area (Å²) in [6.45, 7) is 0. The number of aryl methyl sites for hydroxylation is 1. The first kappa shape index (κ1) is 12.5. The van der Waals surface area contributed by atoms with Crippen molar-refractivity contribution < 1.29 is 0 Å². The van der Waals surface area contributed by atoms with Crippen LogP contribution in [-0.2, 0) is 7.05 Å². The van der Waals surface area contributed by atoms with E-state index in [0.29, 0.717) is 0 Å². The Balaban J connectivity index is 1.82. The first-order valence-electron chi connectivity index (χ1n) is 6.25. The van der Waals surface area contributed by atoms with Gasteiger partial charge in [-0.1, -0.05) is 0 Å². The zero-order valence-electron chi connectivity index (χ0n) is 11.0. The number of fused-ring (bicyclic) bond motifs is 1. The average Bonchev–Trinajstić information content (AvgIpc) is 3.16. The van der Waals surface area contributed by atoms with Crippen LogP contribution in [0.25, 0.3) is 22.5 Å². The van der Waals surface area contributed by atoms with Crippen LogP contribution in [0.1, 0.15) is 0 Å². The van der Waals surface area contributed by atoms with Gasteiger partial charge >= 0.3 is 0 Å². The van der Waals surface area contributed by atoms with E-state index in [2.05, 4.69) is 42.9 Å². The summed E-state index contributed by atoms with van der Waals surface area (Å²) < 4.78 is 6.21. The van der Waals surface area contributed by atoms with Crippen LogP contribution in [0.15, 0.2) is 43.2 Å². The van der Waals surface area contributed by atoms with Gasteiger partial charge in [-0.2, -0.15) is 15.3 Å². The van der Waals surface area contributed by atoms with Gasteiger partial charge in [-0.15, -0.1) is 0 Å². The van der Waals surface area contributed by atoms with E-state index in [1.165, 1.54) is 0 Å². The van der Waals surface area contributed by atoms with Gasteiger partial charge in [0.15, 0.2) is 5.65 Å². The van der Waals surface area contributed by atoms with Crippen molar-refractivity contribution >= 4 is 28.2 Å². The third-order valence-corrected chi connectivity index (χ3v) is 3.78. The van der Waals surface area contributed by atoms with Crippen LogP contribution in [0.2, 0.25) is 0 Å². The molecule has 21 heavy (non-hydrogen) atoms. The summed E-state index contributed by atoms with van der Waals surface area (Å²) in [7, 11) is 1.89. The molecule has 0 fully saturated rings. The van der Waals surface area contributed by atoms with E-state index in [1.54, 1.807) is 20.1 Å². The Bertz CT molecular complexity index is 933. The Morgan fingerprint density at radius 3 is 2.62 bits per heavy atom. The lowest BCUT2D eigenvalue weighted by molar-refractivity contribution is 0.768. The number of aromatic nitrogens is 7. The molecule has 4 aromatic rings. The monoisotopic (exact) mass is 391 g/mol. The molecule has 0 amide bonds. The molecule has 0 atom stereocenters. The maximum atomic E-state index is 4.51. The fourth-order valence-electron chi connectivity index (χ4n) is 2.17. The second kappa shape index (κ2) is 4.65. The summed E-state index contributed by atoms with van der Waals surface area (Å²) in [5, 5.41) is 12.9. The molecule has 0 aromatic carbocycles. The summed E-state index contributed by atoms with van der Waals surface area (Å²) in [6, 6.07) is 1.91. The van der Waals surface area contributed by atoms with E-state index >= 15 is 0 Å². The average molecular weight is 391 g/mol. The number of nitrogens with zero attached hydrogens (tertiary/aromatic N) is 7. The van der Waals surface area contributed by atoms with E-state index in [1.807, 2.05) is 44.1 Å². The summed E-state index contributed by atoms with van der Waals surface area (Å²) in [5.74, 6) is 0. The van der Waals surface area contributed by atoms with Crippen molar-refractivity contribution in [3.63, 3.8) is 0 Å². The molecular weight excluding hydrogens is 381 g/mol. The Labute approximate surface area is 133 Å². The van der Waals surface area contributed by atoms with E-state index in [9.17, 15) is 0 Å². The van der Waals surface area contributed by atoms with Crippen molar-refractivity contribution in [2.45, 2.75) is 0 Å². The molecule has 0 saturated carbocycles. The molecule has 7 nitrogen and oxygen atoms in total. The molecule has 4 heterocycles. The van der Waals surface area contributed by atoms with Crippen LogP contribution in [0, 0.1) is 3.70 Å². The summed E-state index contributed by atoms with van der Waals surface area (Å²) in [6.07, 6.45) is 11.2. The molecule has 0 unspecified atom stereocenters. The molecular formula is C13H10IN7. The lowest BCUT2D eigenvalue weighted by atomic mass is 10.2. The van der Waals surface area contributed by atoms with E-state index < -0.39 is 0 Å². The maximum Gasteiger partial charge on any atom is 0.182 e. The van der Waals surface area contributed by atoms with Crippen molar-refractivity contribution in [1.82, 2.24) is 34.2 Å². The Kier molecular flexibility index (Phi) is 2.77. The van der Waals surface area contributed by atoms with Gasteiger partial charge < -0.3 is 0 Å². The molecule has 0 bridgehead atoms. The van der Waals surface area contributed by atoms with E-state index in [0.717, 1.165) is 26.2 Å². The van der Waals surface area contributed by atoms with Crippen molar-refractivity contribution in [1.29, 1.82) is 0 Å². The lowest BCUT2D eigenvalue weighted by Crippen LogP contribution is -1.96.